The largest absolute Gasteiger partial charge is 0.344 e. The van der Waals surface area contributed by atoms with Gasteiger partial charge < -0.3 is 0 Å². The number of nitrogens with zero attached hydrogens (tertiary/aromatic N) is 2. The van der Waals surface area contributed by atoms with E-state index in [4.69, 9.17) is 0 Å². The van der Waals surface area contributed by atoms with Crippen molar-refractivity contribution >= 4 is 0 Å². The van der Waals surface area contributed by atoms with E-state index in [-0.39, 0.29) is 0 Å². The number of H-pyrrole nitrogens is 1. The Morgan fingerprint density at radius 1 is 1.46 bits per heavy atom. The number of unbranched alkanes of at least 4 members (excludes halogenated alkanes) is 2. The van der Waals surface area contributed by atoms with Gasteiger partial charge in [0.2, 0.25) is 0 Å². The Morgan fingerprint density at radius 3 is 2.85 bits per heavy atom. The van der Waals surface area contributed by atoms with Crippen LogP contribution >= 0.6 is 0 Å². The lowest BCUT2D eigenvalue weighted by atomic mass is 10.2. The molecule has 1 N–H and O–H groups in total. The van der Waals surface area contributed by atoms with Gasteiger partial charge in [0.15, 0.2) is 0 Å². The number of aromatic amines is 1. The van der Waals surface area contributed by atoms with Crippen LogP contribution < -0.4 is 11.2 Å². The first-order valence-electron chi connectivity index (χ1n) is 4.40. The summed E-state index contributed by atoms with van der Waals surface area (Å²) in [6, 6.07) is 0. The van der Waals surface area contributed by atoms with Crippen LogP contribution in [-0.2, 0) is 6.54 Å². The highest BCUT2D eigenvalue weighted by molar-refractivity contribution is 4.68. The van der Waals surface area contributed by atoms with E-state index in [1.54, 1.807) is 0 Å². The fourth-order valence-corrected chi connectivity index (χ4v) is 1.05. The number of hydrogen-bond donors (Lipinski definition) is 1. The van der Waals surface area contributed by atoms with Crippen molar-refractivity contribution in [3.05, 3.63) is 27.0 Å². The Morgan fingerprint density at radius 2 is 2.23 bits per heavy atom. The third-order valence-corrected chi connectivity index (χ3v) is 1.75. The van der Waals surface area contributed by atoms with E-state index in [1.807, 2.05) is 0 Å². The zero-order valence-corrected chi connectivity index (χ0v) is 7.62. The third kappa shape index (κ3) is 2.85. The average molecular weight is 183 g/mol. The minimum absolute atomic E-state index is 0.427. The van der Waals surface area contributed by atoms with Crippen molar-refractivity contribution in [1.29, 1.82) is 0 Å². The standard InChI is InChI=1S/C8H13N3O2/c1-2-3-4-5-11-8(13)10-7(12)6-9-11/h6H,2-5H2,1H3,(H,10,12,13). The van der Waals surface area contributed by atoms with Gasteiger partial charge in [0.1, 0.15) is 6.20 Å². The summed E-state index contributed by atoms with van der Waals surface area (Å²) < 4.78 is 1.27. The molecule has 0 radical (unpaired) electrons. The van der Waals surface area contributed by atoms with Gasteiger partial charge in [-0.25, -0.2) is 9.48 Å². The highest BCUT2D eigenvalue weighted by atomic mass is 16.2. The van der Waals surface area contributed by atoms with Gasteiger partial charge in [-0.15, -0.1) is 0 Å². The molecule has 0 saturated heterocycles. The fraction of sp³-hybridized carbons (Fsp3) is 0.625. The van der Waals surface area contributed by atoms with E-state index in [2.05, 4.69) is 17.0 Å². The topological polar surface area (TPSA) is 67.8 Å². The molecule has 5 nitrogen and oxygen atoms in total. The summed E-state index contributed by atoms with van der Waals surface area (Å²) in [6.07, 6.45) is 4.19. The predicted molar refractivity (Wildman–Crippen MR) is 48.6 cm³/mol. The molecule has 0 aliphatic heterocycles. The molecule has 13 heavy (non-hydrogen) atoms. The van der Waals surface area contributed by atoms with Crippen molar-refractivity contribution in [2.24, 2.45) is 0 Å². The number of aryl methyl sites for hydroxylation is 1. The van der Waals surface area contributed by atoms with Crippen LogP contribution in [0, 0.1) is 0 Å². The van der Waals surface area contributed by atoms with Crippen LogP contribution in [0.15, 0.2) is 15.8 Å². The second-order valence-electron chi connectivity index (χ2n) is 2.87. The number of rotatable bonds is 4. The Labute approximate surface area is 75.4 Å². The van der Waals surface area contributed by atoms with Crippen molar-refractivity contribution in [3.8, 4) is 0 Å². The van der Waals surface area contributed by atoms with Crippen LogP contribution in [0.3, 0.4) is 0 Å². The van der Waals surface area contributed by atoms with Gasteiger partial charge in [-0.05, 0) is 6.42 Å². The lowest BCUT2D eigenvalue weighted by Gasteiger charge is -2.00. The average Bonchev–Trinajstić information content (AvgIpc) is 2.09. The third-order valence-electron chi connectivity index (χ3n) is 1.75. The fourth-order valence-electron chi connectivity index (χ4n) is 1.05. The molecule has 0 atom stereocenters. The first-order valence-corrected chi connectivity index (χ1v) is 4.40. The van der Waals surface area contributed by atoms with Crippen molar-refractivity contribution in [1.82, 2.24) is 14.8 Å². The number of nitrogens with one attached hydrogen (secondary N) is 1. The quantitative estimate of drug-likeness (QED) is 0.674. The molecule has 5 heteroatoms. The smallest absolute Gasteiger partial charge is 0.271 e. The summed E-state index contributed by atoms with van der Waals surface area (Å²) in [5, 5.41) is 3.71. The predicted octanol–water partition coefficient (Wildman–Crippen LogP) is 0.122. The molecule has 0 aliphatic carbocycles. The molecule has 0 aliphatic rings. The maximum absolute atomic E-state index is 11.1. The second kappa shape index (κ2) is 4.59. The highest BCUT2D eigenvalue weighted by Gasteiger charge is 1.96. The van der Waals surface area contributed by atoms with Crippen LogP contribution in [0.25, 0.3) is 0 Å². The van der Waals surface area contributed by atoms with E-state index < -0.39 is 11.2 Å². The summed E-state index contributed by atoms with van der Waals surface area (Å²) in [7, 11) is 0. The summed E-state index contributed by atoms with van der Waals surface area (Å²) in [4.78, 5) is 23.9. The summed E-state index contributed by atoms with van der Waals surface area (Å²) >= 11 is 0. The van der Waals surface area contributed by atoms with E-state index in [0.717, 1.165) is 25.5 Å². The van der Waals surface area contributed by atoms with Gasteiger partial charge in [-0.3, -0.25) is 9.78 Å². The molecule has 0 spiro atoms. The van der Waals surface area contributed by atoms with E-state index in [0.29, 0.717) is 6.54 Å². The molecule has 1 rings (SSSR count). The molecular formula is C8H13N3O2. The van der Waals surface area contributed by atoms with Crippen molar-refractivity contribution in [2.75, 3.05) is 0 Å². The normalized spacial score (nSPS) is 10.2. The SMILES string of the molecule is CCCCCn1ncc(=O)[nH]c1=O. The highest BCUT2D eigenvalue weighted by Crippen LogP contribution is 1.93. The number of aromatic nitrogens is 3. The molecule has 1 heterocycles. The van der Waals surface area contributed by atoms with Gasteiger partial charge in [0.05, 0.1) is 0 Å². The molecule has 0 bridgehead atoms. The zero-order chi connectivity index (χ0) is 9.68. The maximum atomic E-state index is 11.1. The van der Waals surface area contributed by atoms with Crippen molar-refractivity contribution in [3.63, 3.8) is 0 Å². The molecule has 0 amide bonds. The van der Waals surface area contributed by atoms with Gasteiger partial charge in [0, 0.05) is 6.54 Å². The number of hydrogen-bond acceptors (Lipinski definition) is 3. The maximum Gasteiger partial charge on any atom is 0.344 e. The van der Waals surface area contributed by atoms with E-state index in [9.17, 15) is 9.59 Å². The Hall–Kier alpha value is -1.39. The molecule has 0 aromatic carbocycles. The van der Waals surface area contributed by atoms with E-state index >= 15 is 0 Å². The monoisotopic (exact) mass is 183 g/mol. The Bertz CT molecular complexity index is 366. The van der Waals surface area contributed by atoms with Crippen LogP contribution in [0.1, 0.15) is 26.2 Å². The van der Waals surface area contributed by atoms with Gasteiger partial charge in [0.25, 0.3) is 5.56 Å². The van der Waals surface area contributed by atoms with Crippen LogP contribution in [-0.4, -0.2) is 14.8 Å². The van der Waals surface area contributed by atoms with E-state index in [1.165, 1.54) is 4.68 Å². The first kappa shape index (κ1) is 9.70. The van der Waals surface area contributed by atoms with Crippen molar-refractivity contribution in [2.45, 2.75) is 32.7 Å². The van der Waals surface area contributed by atoms with Crippen LogP contribution in [0.4, 0.5) is 0 Å². The lowest BCUT2D eigenvalue weighted by Crippen LogP contribution is -2.31. The molecule has 0 saturated carbocycles. The molecule has 0 unspecified atom stereocenters. The first-order chi connectivity index (χ1) is 6.24. The minimum atomic E-state index is -0.447. The molecule has 1 aromatic heterocycles. The molecular weight excluding hydrogens is 170 g/mol. The molecule has 72 valence electrons. The second-order valence-corrected chi connectivity index (χ2v) is 2.87. The molecule has 1 aromatic rings. The lowest BCUT2D eigenvalue weighted by molar-refractivity contribution is 0.512. The summed E-state index contributed by atoms with van der Waals surface area (Å²) in [5.41, 5.74) is -0.875. The summed E-state index contributed by atoms with van der Waals surface area (Å²) in [5.74, 6) is 0. The van der Waals surface area contributed by atoms with Crippen molar-refractivity contribution < 1.29 is 0 Å². The minimum Gasteiger partial charge on any atom is -0.271 e. The molecule has 0 fully saturated rings. The van der Waals surface area contributed by atoms with Gasteiger partial charge in [-0.2, -0.15) is 5.10 Å². The van der Waals surface area contributed by atoms with Gasteiger partial charge >= 0.3 is 5.69 Å². The Kier molecular flexibility index (Phi) is 3.42. The summed E-state index contributed by atoms with van der Waals surface area (Å²) in [6.45, 7) is 2.66. The van der Waals surface area contributed by atoms with Crippen LogP contribution in [0.2, 0.25) is 0 Å². The Balaban J connectivity index is 2.67. The van der Waals surface area contributed by atoms with Gasteiger partial charge in [-0.1, -0.05) is 19.8 Å². The van der Waals surface area contributed by atoms with Crippen LogP contribution in [0.5, 0.6) is 0 Å². The zero-order valence-electron chi connectivity index (χ0n) is 7.62.